The number of rotatable bonds is 3. The van der Waals surface area contributed by atoms with E-state index in [1.165, 1.54) is 19.5 Å². The molecule has 104 valence electrons. The highest BCUT2D eigenvalue weighted by Crippen LogP contribution is 2.13. The topological polar surface area (TPSA) is 77.5 Å². The SMILES string of the molecule is COC(=O)[C@@H]1C[C@H](OC(=O)c2ccncc2)CN1.Cl. The van der Waals surface area contributed by atoms with Crippen LogP contribution in [0, 0.1) is 0 Å². The lowest BCUT2D eigenvalue weighted by atomic mass is 10.2. The number of nitrogens with one attached hydrogen (secondary N) is 1. The van der Waals surface area contributed by atoms with Gasteiger partial charge in [-0.2, -0.15) is 0 Å². The molecule has 1 saturated heterocycles. The minimum atomic E-state index is -0.408. The maximum Gasteiger partial charge on any atom is 0.338 e. The molecule has 0 bridgehead atoms. The van der Waals surface area contributed by atoms with E-state index >= 15 is 0 Å². The molecule has 2 heterocycles. The maximum atomic E-state index is 11.8. The summed E-state index contributed by atoms with van der Waals surface area (Å²) in [6, 6.07) is 2.77. The van der Waals surface area contributed by atoms with Crippen molar-refractivity contribution in [2.45, 2.75) is 18.6 Å². The number of halogens is 1. The second kappa shape index (κ2) is 7.06. The van der Waals surface area contributed by atoms with E-state index in [4.69, 9.17) is 4.74 Å². The quantitative estimate of drug-likeness (QED) is 0.818. The van der Waals surface area contributed by atoms with Crippen LogP contribution in [0.4, 0.5) is 0 Å². The predicted octanol–water partition coefficient (Wildman–Crippen LogP) is 0.564. The largest absolute Gasteiger partial charge is 0.468 e. The Labute approximate surface area is 116 Å². The third-order valence-corrected chi connectivity index (χ3v) is 2.77. The van der Waals surface area contributed by atoms with Crippen LogP contribution in [-0.2, 0) is 14.3 Å². The minimum Gasteiger partial charge on any atom is -0.468 e. The van der Waals surface area contributed by atoms with Crippen LogP contribution in [0.1, 0.15) is 16.8 Å². The third-order valence-electron chi connectivity index (χ3n) is 2.77. The number of carbonyl (C=O) groups excluding carboxylic acids is 2. The van der Waals surface area contributed by atoms with Crippen molar-refractivity contribution in [1.82, 2.24) is 10.3 Å². The predicted molar refractivity (Wildman–Crippen MR) is 69.1 cm³/mol. The molecule has 1 N–H and O–H groups in total. The molecule has 0 saturated carbocycles. The second-order valence-electron chi connectivity index (χ2n) is 3.98. The van der Waals surface area contributed by atoms with Gasteiger partial charge in [-0.15, -0.1) is 12.4 Å². The first kappa shape index (κ1) is 15.4. The van der Waals surface area contributed by atoms with Crippen molar-refractivity contribution in [3.8, 4) is 0 Å². The van der Waals surface area contributed by atoms with Crippen LogP contribution in [-0.4, -0.2) is 42.7 Å². The fourth-order valence-corrected chi connectivity index (χ4v) is 1.82. The molecule has 0 unspecified atom stereocenters. The van der Waals surface area contributed by atoms with Crippen LogP contribution in [0.5, 0.6) is 0 Å². The molecule has 19 heavy (non-hydrogen) atoms. The Bertz CT molecular complexity index is 441. The smallest absolute Gasteiger partial charge is 0.338 e. The van der Waals surface area contributed by atoms with Crippen molar-refractivity contribution in [3.63, 3.8) is 0 Å². The molecule has 1 aliphatic heterocycles. The highest BCUT2D eigenvalue weighted by atomic mass is 35.5. The van der Waals surface area contributed by atoms with Crippen molar-refractivity contribution in [2.24, 2.45) is 0 Å². The third kappa shape index (κ3) is 3.90. The number of aromatic nitrogens is 1. The number of carbonyl (C=O) groups is 2. The van der Waals surface area contributed by atoms with E-state index in [-0.39, 0.29) is 24.5 Å². The van der Waals surface area contributed by atoms with Gasteiger partial charge in [0, 0.05) is 25.4 Å². The number of methoxy groups -OCH3 is 1. The van der Waals surface area contributed by atoms with E-state index < -0.39 is 12.0 Å². The minimum absolute atomic E-state index is 0. The van der Waals surface area contributed by atoms with Crippen LogP contribution in [0.3, 0.4) is 0 Å². The normalized spacial score (nSPS) is 21.3. The van der Waals surface area contributed by atoms with Gasteiger partial charge >= 0.3 is 11.9 Å². The van der Waals surface area contributed by atoms with Crippen molar-refractivity contribution in [1.29, 1.82) is 0 Å². The molecule has 0 amide bonds. The van der Waals surface area contributed by atoms with Gasteiger partial charge in [0.25, 0.3) is 0 Å². The summed E-state index contributed by atoms with van der Waals surface area (Å²) in [4.78, 5) is 26.9. The van der Waals surface area contributed by atoms with Crippen molar-refractivity contribution >= 4 is 24.3 Å². The Balaban J connectivity index is 0.00000180. The molecular formula is C12H15ClN2O4. The standard InChI is InChI=1S/C12H14N2O4.ClH/c1-17-12(16)10-6-9(7-14-10)18-11(15)8-2-4-13-5-3-8;/h2-5,9-10,14H,6-7H2,1H3;1H/t9-,10-;/m0./s1. The van der Waals surface area contributed by atoms with Crippen LogP contribution >= 0.6 is 12.4 Å². The summed E-state index contributed by atoms with van der Waals surface area (Å²) in [5.41, 5.74) is 0.450. The fourth-order valence-electron chi connectivity index (χ4n) is 1.82. The van der Waals surface area contributed by atoms with E-state index in [2.05, 4.69) is 15.0 Å². The molecular weight excluding hydrogens is 272 g/mol. The molecule has 0 aliphatic carbocycles. The Hall–Kier alpha value is -1.66. The first-order chi connectivity index (χ1) is 8.70. The monoisotopic (exact) mass is 286 g/mol. The van der Waals surface area contributed by atoms with Crippen LogP contribution < -0.4 is 5.32 Å². The lowest BCUT2D eigenvalue weighted by molar-refractivity contribution is -0.142. The number of hydrogen-bond acceptors (Lipinski definition) is 6. The molecule has 0 spiro atoms. The summed E-state index contributed by atoms with van der Waals surface area (Å²) in [6.45, 7) is 0.455. The van der Waals surface area contributed by atoms with E-state index in [0.29, 0.717) is 18.5 Å². The summed E-state index contributed by atoms with van der Waals surface area (Å²) >= 11 is 0. The molecule has 1 fully saturated rings. The lowest BCUT2D eigenvalue weighted by Crippen LogP contribution is -2.31. The van der Waals surface area contributed by atoms with Crippen molar-refractivity contribution in [2.75, 3.05) is 13.7 Å². The van der Waals surface area contributed by atoms with E-state index in [0.717, 1.165) is 0 Å². The average molecular weight is 287 g/mol. The average Bonchev–Trinajstić information content (AvgIpc) is 2.87. The Morgan fingerprint density at radius 1 is 1.37 bits per heavy atom. The van der Waals surface area contributed by atoms with Gasteiger partial charge in [0.2, 0.25) is 0 Å². The van der Waals surface area contributed by atoms with Crippen molar-refractivity contribution in [3.05, 3.63) is 30.1 Å². The van der Waals surface area contributed by atoms with Crippen LogP contribution in [0.2, 0.25) is 0 Å². The van der Waals surface area contributed by atoms with Gasteiger partial charge in [-0.25, -0.2) is 4.79 Å². The number of esters is 2. The van der Waals surface area contributed by atoms with E-state index in [1.54, 1.807) is 12.1 Å². The zero-order valence-electron chi connectivity index (χ0n) is 10.4. The Morgan fingerprint density at radius 2 is 2.05 bits per heavy atom. The van der Waals surface area contributed by atoms with Gasteiger partial charge < -0.3 is 14.8 Å². The van der Waals surface area contributed by atoms with Gasteiger partial charge in [0.15, 0.2) is 0 Å². The summed E-state index contributed by atoms with van der Waals surface area (Å²) < 4.78 is 9.91. The number of ether oxygens (including phenoxy) is 2. The van der Waals surface area contributed by atoms with E-state index in [9.17, 15) is 9.59 Å². The maximum absolute atomic E-state index is 11.8. The molecule has 0 radical (unpaired) electrons. The van der Waals surface area contributed by atoms with Crippen LogP contribution in [0.15, 0.2) is 24.5 Å². The van der Waals surface area contributed by atoms with Gasteiger partial charge in [0.1, 0.15) is 12.1 Å². The molecule has 2 atom stereocenters. The first-order valence-corrected chi connectivity index (χ1v) is 5.63. The molecule has 2 rings (SSSR count). The molecule has 1 aromatic rings. The second-order valence-corrected chi connectivity index (χ2v) is 3.98. The summed E-state index contributed by atoms with van der Waals surface area (Å²) in [5, 5.41) is 2.95. The first-order valence-electron chi connectivity index (χ1n) is 5.63. The summed E-state index contributed by atoms with van der Waals surface area (Å²) in [6.07, 6.45) is 3.18. The zero-order chi connectivity index (χ0) is 13.0. The van der Waals surface area contributed by atoms with Crippen molar-refractivity contribution < 1.29 is 19.1 Å². The molecule has 1 aliphatic rings. The fraction of sp³-hybridized carbons (Fsp3) is 0.417. The molecule has 1 aromatic heterocycles. The van der Waals surface area contributed by atoms with Crippen LogP contribution in [0.25, 0.3) is 0 Å². The van der Waals surface area contributed by atoms with Gasteiger partial charge in [-0.3, -0.25) is 9.78 Å². The van der Waals surface area contributed by atoms with Gasteiger partial charge in [-0.05, 0) is 12.1 Å². The van der Waals surface area contributed by atoms with Gasteiger partial charge in [0.05, 0.1) is 12.7 Å². The van der Waals surface area contributed by atoms with E-state index in [1.807, 2.05) is 0 Å². The van der Waals surface area contributed by atoms with Gasteiger partial charge in [-0.1, -0.05) is 0 Å². The Morgan fingerprint density at radius 3 is 2.68 bits per heavy atom. The summed E-state index contributed by atoms with van der Waals surface area (Å²) in [7, 11) is 1.33. The molecule has 7 heteroatoms. The molecule has 6 nitrogen and oxygen atoms in total. The Kier molecular flexibility index (Phi) is 5.72. The summed E-state index contributed by atoms with van der Waals surface area (Å²) in [5.74, 6) is -0.743. The lowest BCUT2D eigenvalue weighted by Gasteiger charge is -2.10. The number of pyridine rings is 1. The highest BCUT2D eigenvalue weighted by Gasteiger charge is 2.32. The number of nitrogens with zero attached hydrogens (tertiary/aromatic N) is 1. The number of hydrogen-bond donors (Lipinski definition) is 1. The highest BCUT2D eigenvalue weighted by molar-refractivity contribution is 5.89. The zero-order valence-corrected chi connectivity index (χ0v) is 11.2. The molecule has 0 aromatic carbocycles.